The smallest absolute Gasteiger partial charge is 0.410 e. The van der Waals surface area contributed by atoms with Gasteiger partial charge < -0.3 is 19.1 Å². The zero-order valence-corrected chi connectivity index (χ0v) is 25.2. The van der Waals surface area contributed by atoms with Gasteiger partial charge in [0.15, 0.2) is 0 Å². The third-order valence-electron chi connectivity index (χ3n) is 8.91. The monoisotopic (exact) mass is 639 g/mol. The molecule has 5 heterocycles. The van der Waals surface area contributed by atoms with Crippen LogP contribution in [0.3, 0.4) is 0 Å². The molecule has 0 aliphatic carbocycles. The number of fused-ring (bicyclic) bond motifs is 2. The number of alkyl halides is 2. The summed E-state index contributed by atoms with van der Waals surface area (Å²) in [5.74, 6) is 1.33. The number of rotatable bonds is 8. The van der Waals surface area contributed by atoms with Crippen molar-refractivity contribution in [3.63, 3.8) is 0 Å². The second-order valence-corrected chi connectivity index (χ2v) is 12.3. The number of nitrogens with zero attached hydrogens (tertiary/aromatic N) is 5. The van der Waals surface area contributed by atoms with Crippen molar-refractivity contribution in [1.29, 1.82) is 0 Å². The third-order valence-corrected chi connectivity index (χ3v) is 9.16. The van der Waals surface area contributed by atoms with E-state index in [0.29, 0.717) is 101 Å². The molecule has 2 aromatic heterocycles. The lowest BCUT2D eigenvalue weighted by molar-refractivity contribution is 0.0566. The van der Waals surface area contributed by atoms with E-state index >= 15 is 0 Å². The lowest BCUT2D eigenvalue weighted by Gasteiger charge is -2.33. The Morgan fingerprint density at radius 2 is 1.89 bits per heavy atom. The van der Waals surface area contributed by atoms with E-state index in [1.807, 2.05) is 12.1 Å². The fourth-order valence-corrected chi connectivity index (χ4v) is 6.58. The third kappa shape index (κ3) is 6.13. The molecule has 10 nitrogen and oxygen atoms in total. The molecule has 13 heteroatoms. The second-order valence-electron chi connectivity index (χ2n) is 11.8. The quantitative estimate of drug-likeness (QED) is 0.244. The minimum Gasteiger partial charge on any atom is -0.490 e. The molecular weight excluding hydrogens is 608 g/mol. The number of hydrogen-bond donors (Lipinski definition) is 0. The molecule has 2 atom stereocenters. The molecule has 0 radical (unpaired) electrons. The highest BCUT2D eigenvalue weighted by molar-refractivity contribution is 6.30. The van der Waals surface area contributed by atoms with Crippen LogP contribution in [0.4, 0.5) is 13.6 Å². The Hall–Kier alpha value is -4.03. The molecule has 7 rings (SSSR count). The summed E-state index contributed by atoms with van der Waals surface area (Å²) in [6.07, 6.45) is 5.45. The first-order valence-corrected chi connectivity index (χ1v) is 15.5. The van der Waals surface area contributed by atoms with Gasteiger partial charge in [-0.1, -0.05) is 23.7 Å². The molecule has 0 saturated carbocycles. The molecular formula is C32H32ClF2N5O5. The highest BCUT2D eigenvalue weighted by Gasteiger charge is 2.39. The number of carbonyl (C=O) groups excluding carboxylic acids is 1. The lowest BCUT2D eigenvalue weighted by Crippen LogP contribution is -2.44. The number of halogens is 3. The van der Waals surface area contributed by atoms with Crippen LogP contribution in [-0.2, 0) is 22.4 Å². The largest absolute Gasteiger partial charge is 0.490 e. The van der Waals surface area contributed by atoms with Crippen LogP contribution in [0.1, 0.15) is 43.6 Å². The van der Waals surface area contributed by atoms with Crippen LogP contribution < -0.4 is 10.3 Å². The van der Waals surface area contributed by atoms with E-state index < -0.39 is 6.55 Å². The van der Waals surface area contributed by atoms with E-state index in [2.05, 4.69) is 5.10 Å². The maximum absolute atomic E-state index is 14.3. The van der Waals surface area contributed by atoms with Crippen LogP contribution in [-0.4, -0.2) is 68.8 Å². The standard InChI is InChI=1S/C32H32ClF2N5O5/c33-22-3-1-20(2-4-22)16-39-29(11-19-6-9-43-10-7-19)37-27-13-25(21-15-36-40(17-21)31(34)35)28(14-26(27)30(39)41)45-24-5-8-38-23(12-24)18-44-32(38)42/h1-4,13-15,17,19,23-24,31H,5-12,16,18H2/t23-,24-/m0/s1. The first-order chi connectivity index (χ1) is 21.8. The molecule has 3 fully saturated rings. The number of ether oxygens (including phenoxy) is 3. The first-order valence-electron chi connectivity index (χ1n) is 15.1. The number of amides is 1. The molecule has 0 unspecified atom stereocenters. The molecule has 45 heavy (non-hydrogen) atoms. The molecule has 2 aromatic carbocycles. The molecule has 4 aromatic rings. The minimum atomic E-state index is -2.81. The van der Waals surface area contributed by atoms with Gasteiger partial charge in [-0.2, -0.15) is 13.9 Å². The van der Waals surface area contributed by atoms with E-state index in [-0.39, 0.29) is 23.8 Å². The van der Waals surface area contributed by atoms with Crippen LogP contribution in [0, 0.1) is 5.92 Å². The molecule has 3 saturated heterocycles. The minimum absolute atomic E-state index is 0.104. The highest BCUT2D eigenvalue weighted by Crippen LogP contribution is 2.36. The molecule has 236 valence electrons. The predicted molar refractivity (Wildman–Crippen MR) is 162 cm³/mol. The number of piperidine rings is 1. The van der Waals surface area contributed by atoms with Gasteiger partial charge in [-0.25, -0.2) is 14.5 Å². The first kappa shape index (κ1) is 29.7. The van der Waals surface area contributed by atoms with Gasteiger partial charge in [0, 0.05) is 61.4 Å². The zero-order valence-electron chi connectivity index (χ0n) is 24.4. The average molecular weight is 640 g/mol. The maximum Gasteiger partial charge on any atom is 0.410 e. The molecule has 3 aliphatic heterocycles. The lowest BCUT2D eigenvalue weighted by atomic mass is 9.96. The Bertz CT molecular complexity index is 1770. The highest BCUT2D eigenvalue weighted by atomic mass is 35.5. The van der Waals surface area contributed by atoms with E-state index in [1.165, 1.54) is 12.4 Å². The van der Waals surface area contributed by atoms with Gasteiger partial charge in [0.2, 0.25) is 0 Å². The van der Waals surface area contributed by atoms with Crippen molar-refractivity contribution >= 4 is 28.6 Å². The topological polar surface area (TPSA) is 101 Å². The van der Waals surface area contributed by atoms with Gasteiger partial charge in [0.25, 0.3) is 5.56 Å². The molecule has 1 amide bonds. The van der Waals surface area contributed by atoms with Gasteiger partial charge in [-0.3, -0.25) is 9.36 Å². The maximum atomic E-state index is 14.3. The summed E-state index contributed by atoms with van der Waals surface area (Å²) in [4.78, 5) is 33.0. The summed E-state index contributed by atoms with van der Waals surface area (Å²) in [5, 5.41) is 4.80. The molecule has 3 aliphatic rings. The van der Waals surface area contributed by atoms with Crippen LogP contribution >= 0.6 is 11.6 Å². The second kappa shape index (κ2) is 12.4. The zero-order chi connectivity index (χ0) is 31.1. The number of cyclic esters (lactones) is 1. The Morgan fingerprint density at radius 3 is 2.64 bits per heavy atom. The molecule has 0 N–H and O–H groups in total. The van der Waals surface area contributed by atoms with Crippen molar-refractivity contribution < 1.29 is 27.8 Å². The van der Waals surface area contributed by atoms with Gasteiger partial charge in [0.05, 0.1) is 29.7 Å². The number of hydrogen-bond acceptors (Lipinski definition) is 7. The summed E-state index contributed by atoms with van der Waals surface area (Å²) >= 11 is 6.12. The van der Waals surface area contributed by atoms with Crippen LogP contribution in [0.5, 0.6) is 5.75 Å². The summed E-state index contributed by atoms with van der Waals surface area (Å²) in [6, 6.07) is 10.7. The van der Waals surface area contributed by atoms with Crippen molar-refractivity contribution in [2.45, 2.75) is 57.3 Å². The Morgan fingerprint density at radius 1 is 1.09 bits per heavy atom. The van der Waals surface area contributed by atoms with Crippen LogP contribution in [0.15, 0.2) is 53.6 Å². The SMILES string of the molecule is O=C1OC[C@@H]2C[C@@H](Oc3cc4c(=O)n(Cc5ccc(Cl)cc5)c(CC5CCOCC5)nc4cc3-c3cnn(C(F)F)c3)CCN12. The van der Waals surface area contributed by atoms with Crippen molar-refractivity contribution in [3.8, 4) is 16.9 Å². The number of benzene rings is 2. The fraction of sp³-hybridized carbons (Fsp3) is 0.438. The number of aromatic nitrogens is 4. The summed E-state index contributed by atoms with van der Waals surface area (Å²) < 4.78 is 46.6. The summed E-state index contributed by atoms with van der Waals surface area (Å²) in [6.45, 7) is -0.398. The van der Waals surface area contributed by atoms with Crippen molar-refractivity contribution in [2.75, 3.05) is 26.4 Å². The van der Waals surface area contributed by atoms with Crippen molar-refractivity contribution in [1.82, 2.24) is 24.2 Å². The van der Waals surface area contributed by atoms with Crippen LogP contribution in [0.2, 0.25) is 5.02 Å². The predicted octanol–water partition coefficient (Wildman–Crippen LogP) is 5.69. The van der Waals surface area contributed by atoms with Crippen LogP contribution in [0.25, 0.3) is 22.0 Å². The summed E-state index contributed by atoms with van der Waals surface area (Å²) in [5.41, 5.74) is 2.06. The van der Waals surface area contributed by atoms with Gasteiger partial charge in [-0.15, -0.1) is 0 Å². The molecule has 0 spiro atoms. The Balaban J connectivity index is 1.32. The number of carbonyl (C=O) groups is 1. The van der Waals surface area contributed by atoms with Gasteiger partial charge in [0.1, 0.15) is 24.3 Å². The Labute approximate surface area is 262 Å². The van der Waals surface area contributed by atoms with E-state index in [0.717, 1.165) is 18.4 Å². The van der Waals surface area contributed by atoms with E-state index in [1.54, 1.807) is 33.7 Å². The Kier molecular flexibility index (Phi) is 8.17. The average Bonchev–Trinajstić information content (AvgIpc) is 3.68. The summed E-state index contributed by atoms with van der Waals surface area (Å²) in [7, 11) is 0. The van der Waals surface area contributed by atoms with E-state index in [9.17, 15) is 18.4 Å². The van der Waals surface area contributed by atoms with Gasteiger partial charge >= 0.3 is 12.6 Å². The van der Waals surface area contributed by atoms with Crippen molar-refractivity contribution in [2.24, 2.45) is 5.92 Å². The normalized spacial score (nSPS) is 20.5. The van der Waals surface area contributed by atoms with Crippen molar-refractivity contribution in [3.05, 3.63) is 75.6 Å². The van der Waals surface area contributed by atoms with Gasteiger partial charge in [-0.05, 0) is 48.6 Å². The fourth-order valence-electron chi connectivity index (χ4n) is 6.45. The molecule has 0 bridgehead atoms. The van der Waals surface area contributed by atoms with E-state index in [4.69, 9.17) is 30.8 Å².